The molecule has 42 heavy (non-hydrogen) atoms. The summed E-state index contributed by atoms with van der Waals surface area (Å²) in [4.78, 5) is 0. The van der Waals surface area contributed by atoms with Gasteiger partial charge in [-0.2, -0.15) is 48.2 Å². The van der Waals surface area contributed by atoms with Crippen LogP contribution in [0.5, 0.6) is 0 Å². The third-order valence-electron chi connectivity index (χ3n) is 7.91. The van der Waals surface area contributed by atoms with Gasteiger partial charge in [-0.25, -0.2) is 0 Å². The van der Waals surface area contributed by atoms with Crippen LogP contribution in [0.4, 0.5) is 0 Å². The van der Waals surface area contributed by atoms with Crippen LogP contribution in [0.3, 0.4) is 0 Å². The van der Waals surface area contributed by atoms with E-state index >= 15 is 0 Å². The van der Waals surface area contributed by atoms with Crippen LogP contribution >= 0.6 is 0 Å². The predicted molar refractivity (Wildman–Crippen MR) is 168 cm³/mol. The van der Waals surface area contributed by atoms with Crippen LogP contribution in [0.1, 0.15) is 114 Å². The standard InChI is InChI=1S/C38H52.4Li/c1-29(12-16-31-20-24-35(25-21-31)37(3,4)5)14-18-33-10-9-11-34(28-33)19-15-30(2)13-17-32-22-26-36(27-23-32)38(6,7)8;;;;/h9-11,16-17,20-30H,12-15,18-19H2,1-8H3;;;;/q-2;4*+1. The summed E-state index contributed by atoms with van der Waals surface area (Å²) in [6, 6.07) is 27.6. The Morgan fingerprint density at radius 1 is 0.524 bits per heavy atom. The van der Waals surface area contributed by atoms with Gasteiger partial charge in [0.05, 0.1) is 0 Å². The van der Waals surface area contributed by atoms with Crippen LogP contribution in [0, 0.1) is 24.7 Å². The molecule has 3 aromatic rings. The number of hydrogen-bond acceptors (Lipinski definition) is 0. The van der Waals surface area contributed by atoms with Gasteiger partial charge in [-0.3, -0.25) is 0 Å². The smallest absolute Gasteiger partial charge is 0.192 e. The Labute approximate surface area is 308 Å². The Hall–Kier alpha value is -0.210. The molecule has 0 saturated carbocycles. The molecule has 0 aliphatic heterocycles. The van der Waals surface area contributed by atoms with Crippen LogP contribution in [0.15, 0.2) is 72.8 Å². The van der Waals surface area contributed by atoms with Gasteiger partial charge in [0.15, 0.2) is 0 Å². The van der Waals surface area contributed by atoms with Gasteiger partial charge in [0.1, 0.15) is 0 Å². The van der Waals surface area contributed by atoms with Crippen molar-refractivity contribution in [3.05, 3.63) is 119 Å². The zero-order chi connectivity index (χ0) is 27.8. The fraction of sp³-hybridized carbons (Fsp3) is 0.474. The fourth-order valence-electron chi connectivity index (χ4n) is 4.92. The predicted octanol–water partition coefficient (Wildman–Crippen LogP) is -1.28. The third kappa shape index (κ3) is 15.7. The summed E-state index contributed by atoms with van der Waals surface area (Å²) >= 11 is 0. The van der Waals surface area contributed by atoms with E-state index < -0.39 is 0 Å². The molecule has 0 N–H and O–H groups in total. The van der Waals surface area contributed by atoms with Gasteiger partial charge >= 0.3 is 75.4 Å². The Balaban J connectivity index is 0. The minimum absolute atomic E-state index is 0. The van der Waals surface area contributed by atoms with Gasteiger partial charge in [-0.05, 0) is 47.6 Å². The van der Waals surface area contributed by atoms with Crippen molar-refractivity contribution < 1.29 is 75.4 Å². The fourth-order valence-corrected chi connectivity index (χ4v) is 4.92. The van der Waals surface area contributed by atoms with E-state index in [0.29, 0.717) is 11.8 Å². The van der Waals surface area contributed by atoms with Gasteiger partial charge in [0.25, 0.3) is 0 Å². The SMILES string of the molecule is CC(C[CH-]c1ccc(C(C)(C)C)cc1)CCc1cccc(CCC(C)C[CH-]c2ccc(C(C)(C)C)cc2)c1.[Li+].[Li+].[Li+].[Li+]. The maximum Gasteiger partial charge on any atom is 1.00 e. The van der Waals surface area contributed by atoms with Crippen molar-refractivity contribution in [3.8, 4) is 0 Å². The average Bonchev–Trinajstić information content (AvgIpc) is 2.88. The maximum absolute atomic E-state index is 2.45. The van der Waals surface area contributed by atoms with Crippen molar-refractivity contribution in [3.63, 3.8) is 0 Å². The van der Waals surface area contributed by atoms with E-state index in [1.54, 1.807) is 0 Å². The second kappa shape index (κ2) is 20.7. The molecule has 0 saturated heterocycles. The molecule has 0 aliphatic rings. The van der Waals surface area contributed by atoms with Crippen molar-refractivity contribution in [2.75, 3.05) is 0 Å². The molecular formula is C38H52Li4+2. The molecule has 0 fully saturated rings. The van der Waals surface area contributed by atoms with Crippen molar-refractivity contribution in [2.24, 2.45) is 11.8 Å². The van der Waals surface area contributed by atoms with Gasteiger partial charge in [0.2, 0.25) is 0 Å². The molecular weight excluding hydrogens is 484 g/mol. The first-order valence-electron chi connectivity index (χ1n) is 14.9. The van der Waals surface area contributed by atoms with E-state index in [0.717, 1.165) is 12.8 Å². The summed E-state index contributed by atoms with van der Waals surface area (Å²) in [5.41, 5.74) is 8.91. The molecule has 0 amide bonds. The van der Waals surface area contributed by atoms with Gasteiger partial charge in [-0.15, -0.1) is 24.3 Å². The number of benzene rings is 3. The average molecular weight is 537 g/mol. The molecule has 0 heterocycles. The minimum atomic E-state index is 0. The van der Waals surface area contributed by atoms with E-state index in [9.17, 15) is 0 Å². The van der Waals surface area contributed by atoms with Crippen molar-refractivity contribution in [1.82, 2.24) is 0 Å². The number of aryl methyl sites for hydroxylation is 2. The first kappa shape index (κ1) is 43.9. The number of hydrogen-bond donors (Lipinski definition) is 0. The molecule has 0 bridgehead atoms. The second-order valence-corrected chi connectivity index (χ2v) is 13.7. The van der Waals surface area contributed by atoms with Crippen LogP contribution in [-0.4, -0.2) is 0 Å². The summed E-state index contributed by atoms with van der Waals surface area (Å²) in [6.07, 6.45) is 11.9. The summed E-state index contributed by atoms with van der Waals surface area (Å²) in [5, 5.41) is 0. The Bertz CT molecular complexity index is 1020. The second-order valence-electron chi connectivity index (χ2n) is 13.7. The summed E-state index contributed by atoms with van der Waals surface area (Å²) in [7, 11) is 0. The zero-order valence-electron chi connectivity index (χ0n) is 29.5. The van der Waals surface area contributed by atoms with Gasteiger partial charge < -0.3 is 0 Å². The van der Waals surface area contributed by atoms with Crippen molar-refractivity contribution >= 4 is 0 Å². The van der Waals surface area contributed by atoms with Crippen LogP contribution < -0.4 is 75.4 Å². The van der Waals surface area contributed by atoms with Crippen LogP contribution in [0.2, 0.25) is 0 Å². The molecule has 0 radical (unpaired) electrons. The summed E-state index contributed by atoms with van der Waals surface area (Å²) < 4.78 is 0. The van der Waals surface area contributed by atoms with Crippen LogP contribution in [-0.2, 0) is 23.7 Å². The topological polar surface area (TPSA) is 0 Å². The molecule has 3 aromatic carbocycles. The van der Waals surface area contributed by atoms with E-state index in [1.165, 1.54) is 59.1 Å². The van der Waals surface area contributed by atoms with Crippen molar-refractivity contribution in [2.45, 2.75) is 105 Å². The molecule has 0 spiro atoms. The third-order valence-corrected chi connectivity index (χ3v) is 7.91. The first-order chi connectivity index (χ1) is 17.9. The summed E-state index contributed by atoms with van der Waals surface area (Å²) in [5.74, 6) is 1.38. The largest absolute Gasteiger partial charge is 1.00 e. The number of rotatable bonds is 12. The molecule has 2 atom stereocenters. The summed E-state index contributed by atoms with van der Waals surface area (Å²) in [6.45, 7) is 18.4. The normalized spacial score (nSPS) is 12.4. The molecule has 0 aliphatic carbocycles. The quantitative estimate of drug-likeness (QED) is 0.200. The van der Waals surface area contributed by atoms with E-state index in [2.05, 4.69) is 141 Å². The van der Waals surface area contributed by atoms with Crippen molar-refractivity contribution in [1.29, 1.82) is 0 Å². The Morgan fingerprint density at radius 2 is 0.857 bits per heavy atom. The van der Waals surface area contributed by atoms with E-state index in [4.69, 9.17) is 0 Å². The minimum Gasteiger partial charge on any atom is -0.192 e. The van der Waals surface area contributed by atoms with Crippen LogP contribution in [0.25, 0.3) is 0 Å². The molecule has 0 nitrogen and oxygen atoms in total. The maximum atomic E-state index is 2.45. The monoisotopic (exact) mass is 536 g/mol. The van der Waals surface area contributed by atoms with Gasteiger partial charge in [-0.1, -0.05) is 115 Å². The first-order valence-corrected chi connectivity index (χ1v) is 14.9. The molecule has 2 unspecified atom stereocenters. The van der Waals surface area contributed by atoms with E-state index in [1.807, 2.05) is 0 Å². The van der Waals surface area contributed by atoms with E-state index in [-0.39, 0.29) is 86.3 Å². The molecule has 0 aromatic heterocycles. The Morgan fingerprint density at radius 3 is 1.17 bits per heavy atom. The molecule has 4 heteroatoms. The molecule has 3 rings (SSSR count). The molecule has 206 valence electrons. The zero-order valence-corrected chi connectivity index (χ0v) is 29.5. The van der Waals surface area contributed by atoms with Gasteiger partial charge in [0, 0.05) is 0 Å². The Kier molecular flexibility index (Phi) is 21.7.